The topological polar surface area (TPSA) is 73.1 Å². The number of nitrogens with two attached hydrogens (primary N) is 1. The molecule has 4 nitrogen and oxygen atoms in total. The van der Waals surface area contributed by atoms with Gasteiger partial charge in [0.15, 0.2) is 0 Å². The Hall–Kier alpha value is -0.460. The molecule has 0 saturated heterocycles. The van der Waals surface area contributed by atoms with Crippen molar-refractivity contribution in [2.45, 2.75) is 6.42 Å². The second-order valence-electron chi connectivity index (χ2n) is 2.58. The molecule has 0 fully saturated rings. The Morgan fingerprint density at radius 3 is 2.77 bits per heavy atom. The van der Waals surface area contributed by atoms with E-state index in [0.29, 0.717) is 6.42 Å². The number of hydrogen-bond donors (Lipinski definition) is 1. The van der Waals surface area contributed by atoms with Crippen LogP contribution in [-0.4, -0.2) is 19.2 Å². The Morgan fingerprint density at radius 2 is 2.23 bits per heavy atom. The van der Waals surface area contributed by atoms with E-state index in [9.17, 15) is 8.42 Å². The Bertz CT molecular complexity index is 391. The highest BCUT2D eigenvalue weighted by atomic mass is 79.9. The van der Waals surface area contributed by atoms with Gasteiger partial charge in [0.2, 0.25) is 10.0 Å². The zero-order valence-corrected chi connectivity index (χ0v) is 9.18. The molecule has 0 unspecified atom stereocenters. The van der Waals surface area contributed by atoms with Gasteiger partial charge in [0.05, 0.1) is 5.75 Å². The van der Waals surface area contributed by atoms with Crippen molar-refractivity contribution in [1.82, 2.24) is 4.98 Å². The maximum Gasteiger partial charge on any atom is 0.209 e. The van der Waals surface area contributed by atoms with Crippen molar-refractivity contribution in [1.29, 1.82) is 0 Å². The molecule has 2 N–H and O–H groups in total. The number of nitrogens with zero attached hydrogens (tertiary/aromatic N) is 1. The summed E-state index contributed by atoms with van der Waals surface area (Å²) in [5, 5.41) is 4.87. The van der Waals surface area contributed by atoms with Crippen molar-refractivity contribution < 1.29 is 8.42 Å². The van der Waals surface area contributed by atoms with Gasteiger partial charge in [-0.05, 0) is 34.0 Å². The number of aryl methyl sites for hydroxylation is 1. The fourth-order valence-electron chi connectivity index (χ4n) is 0.859. The number of hydrogen-bond acceptors (Lipinski definition) is 3. The van der Waals surface area contributed by atoms with Crippen LogP contribution in [0.1, 0.15) is 5.56 Å². The monoisotopic (exact) mass is 264 g/mol. The first-order valence-electron chi connectivity index (χ1n) is 3.58. The van der Waals surface area contributed by atoms with Crippen LogP contribution in [0.5, 0.6) is 0 Å². The molecule has 1 rings (SSSR count). The number of rotatable bonds is 3. The zero-order chi connectivity index (χ0) is 9.90. The minimum atomic E-state index is -3.38. The summed E-state index contributed by atoms with van der Waals surface area (Å²) in [6, 6.07) is 1.76. The number of pyridine rings is 1. The first-order valence-corrected chi connectivity index (χ1v) is 6.09. The van der Waals surface area contributed by atoms with E-state index in [4.69, 9.17) is 5.14 Å². The van der Waals surface area contributed by atoms with Gasteiger partial charge in [0.25, 0.3) is 0 Å². The van der Waals surface area contributed by atoms with Crippen LogP contribution >= 0.6 is 15.9 Å². The standard InChI is InChI=1S/C7H9BrN2O2S/c8-7-5-10-3-1-6(7)2-4-13(9,11)12/h1,3,5H,2,4H2,(H2,9,11,12). The Labute approximate surface area is 85.3 Å². The largest absolute Gasteiger partial charge is 0.264 e. The molecule has 0 aliphatic heterocycles. The summed E-state index contributed by atoms with van der Waals surface area (Å²) in [7, 11) is -3.38. The van der Waals surface area contributed by atoms with Gasteiger partial charge in [-0.1, -0.05) is 0 Å². The molecule has 1 aromatic heterocycles. The van der Waals surface area contributed by atoms with Crippen molar-refractivity contribution >= 4 is 26.0 Å². The van der Waals surface area contributed by atoms with E-state index in [-0.39, 0.29) is 5.75 Å². The second kappa shape index (κ2) is 4.17. The summed E-state index contributed by atoms with van der Waals surface area (Å²) in [6.07, 6.45) is 3.64. The number of sulfonamides is 1. The maximum absolute atomic E-state index is 10.7. The lowest BCUT2D eigenvalue weighted by molar-refractivity contribution is 0.597. The van der Waals surface area contributed by atoms with Crippen LogP contribution in [0.3, 0.4) is 0 Å². The molecule has 0 atom stereocenters. The molecule has 0 bridgehead atoms. The fourth-order valence-corrected chi connectivity index (χ4v) is 1.81. The molecule has 6 heteroatoms. The quantitative estimate of drug-likeness (QED) is 0.873. The second-order valence-corrected chi connectivity index (χ2v) is 5.17. The lowest BCUT2D eigenvalue weighted by Gasteiger charge is -2.01. The third kappa shape index (κ3) is 3.84. The van der Waals surface area contributed by atoms with Crippen molar-refractivity contribution in [2.24, 2.45) is 5.14 Å². The third-order valence-corrected chi connectivity index (χ3v) is 3.00. The maximum atomic E-state index is 10.7. The molecular formula is C7H9BrN2O2S. The zero-order valence-electron chi connectivity index (χ0n) is 6.77. The highest BCUT2D eigenvalue weighted by Crippen LogP contribution is 2.14. The van der Waals surface area contributed by atoms with E-state index in [1.807, 2.05) is 0 Å². The summed E-state index contributed by atoms with van der Waals surface area (Å²) >= 11 is 3.27. The molecule has 0 radical (unpaired) electrons. The van der Waals surface area contributed by atoms with Crippen molar-refractivity contribution in [3.05, 3.63) is 28.5 Å². The van der Waals surface area contributed by atoms with Crippen LogP contribution in [0.2, 0.25) is 0 Å². The van der Waals surface area contributed by atoms with Crippen LogP contribution in [-0.2, 0) is 16.4 Å². The van der Waals surface area contributed by atoms with E-state index in [1.54, 1.807) is 18.5 Å². The molecule has 0 amide bonds. The normalized spacial score (nSPS) is 11.5. The van der Waals surface area contributed by atoms with Gasteiger partial charge in [0, 0.05) is 16.9 Å². The van der Waals surface area contributed by atoms with Crippen molar-refractivity contribution in [3.63, 3.8) is 0 Å². The number of aromatic nitrogens is 1. The molecular weight excluding hydrogens is 256 g/mol. The average Bonchev–Trinajstić information content (AvgIpc) is 2.01. The smallest absolute Gasteiger partial charge is 0.209 e. The lowest BCUT2D eigenvalue weighted by atomic mass is 10.2. The Morgan fingerprint density at radius 1 is 1.54 bits per heavy atom. The molecule has 0 spiro atoms. The predicted octanol–water partition coefficient (Wildman–Crippen LogP) is 0.675. The summed E-state index contributed by atoms with van der Waals surface area (Å²) in [5.74, 6) is -0.0460. The van der Waals surface area contributed by atoms with Crippen LogP contribution < -0.4 is 5.14 Å². The first-order chi connectivity index (χ1) is 5.99. The van der Waals surface area contributed by atoms with Gasteiger partial charge in [0.1, 0.15) is 0 Å². The molecule has 0 aromatic carbocycles. The van der Waals surface area contributed by atoms with Gasteiger partial charge >= 0.3 is 0 Å². The Balaban J connectivity index is 2.71. The van der Waals surface area contributed by atoms with Crippen LogP contribution in [0, 0.1) is 0 Å². The van der Waals surface area contributed by atoms with Crippen LogP contribution in [0.25, 0.3) is 0 Å². The summed E-state index contributed by atoms with van der Waals surface area (Å²) in [6.45, 7) is 0. The molecule has 0 aliphatic carbocycles. The molecule has 0 saturated carbocycles. The molecule has 0 aliphatic rings. The summed E-state index contributed by atoms with van der Waals surface area (Å²) in [4.78, 5) is 3.86. The number of halogens is 1. The lowest BCUT2D eigenvalue weighted by Crippen LogP contribution is -2.18. The van der Waals surface area contributed by atoms with Crippen LogP contribution in [0.4, 0.5) is 0 Å². The van der Waals surface area contributed by atoms with E-state index in [1.165, 1.54) is 0 Å². The summed E-state index contributed by atoms with van der Waals surface area (Å²) < 4.78 is 22.1. The Kier molecular flexibility index (Phi) is 3.40. The van der Waals surface area contributed by atoms with Crippen molar-refractivity contribution in [3.8, 4) is 0 Å². The number of primary sulfonamides is 1. The average molecular weight is 265 g/mol. The molecule has 1 heterocycles. The molecule has 1 aromatic rings. The van der Waals surface area contributed by atoms with Gasteiger partial charge < -0.3 is 0 Å². The minimum Gasteiger partial charge on any atom is -0.264 e. The van der Waals surface area contributed by atoms with E-state index in [2.05, 4.69) is 20.9 Å². The van der Waals surface area contributed by atoms with Gasteiger partial charge in [-0.3, -0.25) is 4.98 Å². The van der Waals surface area contributed by atoms with E-state index < -0.39 is 10.0 Å². The highest BCUT2D eigenvalue weighted by Gasteiger charge is 2.05. The minimum absolute atomic E-state index is 0.0460. The summed E-state index contributed by atoms with van der Waals surface area (Å²) in [5.41, 5.74) is 0.893. The van der Waals surface area contributed by atoms with E-state index >= 15 is 0 Å². The van der Waals surface area contributed by atoms with E-state index in [0.717, 1.165) is 10.0 Å². The van der Waals surface area contributed by atoms with Crippen LogP contribution in [0.15, 0.2) is 22.9 Å². The third-order valence-electron chi connectivity index (χ3n) is 1.51. The van der Waals surface area contributed by atoms with Gasteiger partial charge in [-0.15, -0.1) is 0 Å². The molecule has 13 heavy (non-hydrogen) atoms. The fraction of sp³-hybridized carbons (Fsp3) is 0.286. The highest BCUT2D eigenvalue weighted by molar-refractivity contribution is 9.10. The first kappa shape index (κ1) is 10.6. The van der Waals surface area contributed by atoms with Gasteiger partial charge in [-0.25, -0.2) is 13.6 Å². The SMILES string of the molecule is NS(=O)(=O)CCc1ccncc1Br. The molecule has 72 valence electrons. The van der Waals surface area contributed by atoms with Gasteiger partial charge in [-0.2, -0.15) is 0 Å². The predicted molar refractivity (Wildman–Crippen MR) is 53.6 cm³/mol. The van der Waals surface area contributed by atoms with Crippen molar-refractivity contribution in [2.75, 3.05) is 5.75 Å².